The number of hydrogen-bond acceptors (Lipinski definition) is 4. The normalized spacial score (nSPS) is 15.4. The highest BCUT2D eigenvalue weighted by Gasteiger charge is 2.41. The Kier molecular flexibility index (Phi) is 6.94. The molecular formula is C27H34F3N5O. The molecule has 1 aliphatic heterocycles. The van der Waals surface area contributed by atoms with Gasteiger partial charge in [0.15, 0.2) is 0 Å². The predicted octanol–water partition coefficient (Wildman–Crippen LogP) is 6.07. The van der Waals surface area contributed by atoms with Crippen LogP contribution in [-0.4, -0.2) is 34.7 Å². The van der Waals surface area contributed by atoms with Crippen LogP contribution in [0, 0.1) is 18.3 Å². The number of piperidine rings is 1. The van der Waals surface area contributed by atoms with Gasteiger partial charge in [0.25, 0.3) is 0 Å². The minimum Gasteiger partial charge on any atom is -0.371 e. The molecule has 1 fully saturated rings. The second kappa shape index (κ2) is 9.67. The van der Waals surface area contributed by atoms with Gasteiger partial charge in [-0.05, 0) is 55.2 Å². The van der Waals surface area contributed by atoms with Crippen molar-refractivity contribution in [1.29, 1.82) is 0 Å². The third-order valence-electron chi connectivity index (χ3n) is 6.87. The molecule has 2 aromatic carbocycles. The maximum Gasteiger partial charge on any atom is 0.391 e. The first-order chi connectivity index (χ1) is 16.8. The maximum atomic E-state index is 13.0. The zero-order valence-corrected chi connectivity index (χ0v) is 21.5. The molecule has 0 atom stereocenters. The maximum absolute atomic E-state index is 13.0. The average Bonchev–Trinajstić information content (AvgIpc) is 3.12. The number of nitrogens with one attached hydrogen (secondary N) is 2. The first-order valence-corrected chi connectivity index (χ1v) is 12.3. The van der Waals surface area contributed by atoms with Crippen LogP contribution in [-0.2, 0) is 18.4 Å². The number of aromatic nitrogens is 2. The van der Waals surface area contributed by atoms with E-state index in [1.165, 1.54) is 0 Å². The number of aryl methyl sites for hydroxylation is 2. The van der Waals surface area contributed by atoms with Crippen LogP contribution >= 0.6 is 0 Å². The number of hydrogen-bond donors (Lipinski definition) is 2. The number of alkyl halides is 3. The van der Waals surface area contributed by atoms with E-state index in [1.54, 1.807) is 0 Å². The van der Waals surface area contributed by atoms with E-state index in [9.17, 15) is 18.0 Å². The zero-order chi connectivity index (χ0) is 26.3. The van der Waals surface area contributed by atoms with Gasteiger partial charge in [0, 0.05) is 43.5 Å². The zero-order valence-electron chi connectivity index (χ0n) is 21.5. The summed E-state index contributed by atoms with van der Waals surface area (Å²) in [6, 6.07) is 11.9. The smallest absolute Gasteiger partial charge is 0.371 e. The van der Waals surface area contributed by atoms with Crippen molar-refractivity contribution in [2.45, 2.75) is 53.3 Å². The van der Waals surface area contributed by atoms with E-state index in [0.717, 1.165) is 33.5 Å². The summed E-state index contributed by atoms with van der Waals surface area (Å²) in [6.07, 6.45) is -3.89. The average molecular weight is 502 g/mol. The van der Waals surface area contributed by atoms with E-state index in [2.05, 4.69) is 10.6 Å². The molecule has 6 nitrogen and oxygen atoms in total. The molecule has 1 aromatic heterocycles. The highest BCUT2D eigenvalue weighted by Crippen LogP contribution is 2.36. The number of halogens is 3. The van der Waals surface area contributed by atoms with E-state index in [4.69, 9.17) is 4.98 Å². The molecule has 2 N–H and O–H groups in total. The van der Waals surface area contributed by atoms with Gasteiger partial charge >= 0.3 is 6.18 Å². The van der Waals surface area contributed by atoms with Crippen molar-refractivity contribution in [3.63, 3.8) is 0 Å². The molecule has 0 unspecified atom stereocenters. The number of carbonyl (C=O) groups excluding carboxylic acids is 1. The second-order valence-electron chi connectivity index (χ2n) is 10.7. The Bertz CT molecular complexity index is 1250. The number of rotatable bonds is 5. The summed E-state index contributed by atoms with van der Waals surface area (Å²) < 4.78 is 41.0. The van der Waals surface area contributed by atoms with Gasteiger partial charge in [-0.3, -0.25) is 4.79 Å². The second-order valence-corrected chi connectivity index (χ2v) is 10.7. The minimum absolute atomic E-state index is 0.00799. The van der Waals surface area contributed by atoms with Crippen LogP contribution in [0.3, 0.4) is 0 Å². The number of fused-ring (bicyclic) bond motifs is 1. The van der Waals surface area contributed by atoms with Crippen LogP contribution in [0.4, 0.5) is 30.5 Å². The first kappa shape index (κ1) is 25.9. The van der Waals surface area contributed by atoms with Gasteiger partial charge in [0.1, 0.15) is 0 Å². The Morgan fingerprint density at radius 1 is 1.08 bits per heavy atom. The van der Waals surface area contributed by atoms with Crippen LogP contribution in [0.25, 0.3) is 11.0 Å². The fourth-order valence-corrected chi connectivity index (χ4v) is 4.44. The fraction of sp³-hybridized carbons (Fsp3) is 0.481. The van der Waals surface area contributed by atoms with E-state index < -0.39 is 17.5 Å². The molecule has 0 bridgehead atoms. The highest BCUT2D eigenvalue weighted by molar-refractivity contribution is 5.83. The van der Waals surface area contributed by atoms with Crippen molar-refractivity contribution >= 4 is 34.3 Å². The summed E-state index contributed by atoms with van der Waals surface area (Å²) in [6.45, 7) is 8.84. The molecule has 1 amide bonds. The summed E-state index contributed by atoms with van der Waals surface area (Å²) in [7, 11) is 1.93. The third-order valence-corrected chi connectivity index (χ3v) is 6.87. The number of nitrogens with zero attached hydrogens (tertiary/aromatic N) is 3. The molecule has 3 aromatic rings. The number of benzene rings is 2. The Labute approximate surface area is 209 Å². The molecule has 0 radical (unpaired) electrons. The minimum atomic E-state index is -4.12. The SMILES string of the molecule is Cc1ccc(CNC(=O)C(C)(C)C)cc1Nc1nc2cc(N3CCC(C(F)(F)F)CC3)ccc2n1C. The highest BCUT2D eigenvalue weighted by atomic mass is 19.4. The van der Waals surface area contributed by atoms with Crippen LogP contribution in [0.5, 0.6) is 0 Å². The molecule has 0 saturated carbocycles. The fourth-order valence-electron chi connectivity index (χ4n) is 4.44. The van der Waals surface area contributed by atoms with E-state index in [1.807, 2.05) is 80.6 Å². The summed E-state index contributed by atoms with van der Waals surface area (Å²) >= 11 is 0. The van der Waals surface area contributed by atoms with E-state index in [-0.39, 0.29) is 18.7 Å². The van der Waals surface area contributed by atoms with Gasteiger partial charge < -0.3 is 20.1 Å². The Morgan fingerprint density at radius 3 is 2.42 bits per heavy atom. The number of imidazole rings is 1. The van der Waals surface area contributed by atoms with Crippen molar-refractivity contribution in [3.8, 4) is 0 Å². The van der Waals surface area contributed by atoms with Crippen molar-refractivity contribution in [1.82, 2.24) is 14.9 Å². The molecule has 36 heavy (non-hydrogen) atoms. The van der Waals surface area contributed by atoms with Gasteiger partial charge in [-0.15, -0.1) is 0 Å². The van der Waals surface area contributed by atoms with Crippen LogP contribution < -0.4 is 15.5 Å². The standard InChI is InChI=1S/C27H34F3N5O/c1-17-6-7-18(16-31-24(36)26(2,3)4)14-21(17)32-25-33-22-15-20(8-9-23(22)34(25)5)35-12-10-19(11-13-35)27(28,29)30/h6-9,14-15,19H,10-13,16H2,1-5H3,(H,31,36)(H,32,33). The monoisotopic (exact) mass is 501 g/mol. The van der Waals surface area contributed by atoms with E-state index in [0.29, 0.717) is 25.6 Å². The summed E-state index contributed by atoms with van der Waals surface area (Å²) in [5, 5.41) is 6.39. The first-order valence-electron chi connectivity index (χ1n) is 12.3. The van der Waals surface area contributed by atoms with Crippen molar-refractivity contribution < 1.29 is 18.0 Å². The molecule has 1 aliphatic rings. The Morgan fingerprint density at radius 2 is 1.78 bits per heavy atom. The lowest BCUT2D eigenvalue weighted by Gasteiger charge is -2.34. The number of carbonyl (C=O) groups is 1. The van der Waals surface area contributed by atoms with Crippen LogP contribution in [0.2, 0.25) is 0 Å². The van der Waals surface area contributed by atoms with Crippen molar-refractivity contribution in [2.75, 3.05) is 23.3 Å². The van der Waals surface area contributed by atoms with Gasteiger partial charge in [0.2, 0.25) is 11.9 Å². The predicted molar refractivity (Wildman–Crippen MR) is 137 cm³/mol. The molecule has 4 rings (SSSR count). The quantitative estimate of drug-likeness (QED) is 0.446. The molecule has 194 valence electrons. The Hall–Kier alpha value is -3.23. The molecular weight excluding hydrogens is 467 g/mol. The van der Waals surface area contributed by atoms with Crippen LogP contribution in [0.15, 0.2) is 36.4 Å². The Balaban J connectivity index is 1.50. The molecule has 9 heteroatoms. The summed E-state index contributed by atoms with van der Waals surface area (Å²) in [5.41, 5.74) is 5.06. The topological polar surface area (TPSA) is 62.2 Å². The van der Waals surface area contributed by atoms with Crippen molar-refractivity contribution in [3.05, 3.63) is 47.5 Å². The van der Waals surface area contributed by atoms with Gasteiger partial charge in [-0.1, -0.05) is 32.9 Å². The lowest BCUT2D eigenvalue weighted by molar-refractivity contribution is -0.179. The number of amides is 1. The van der Waals surface area contributed by atoms with Gasteiger partial charge in [-0.25, -0.2) is 4.98 Å². The lowest BCUT2D eigenvalue weighted by Crippen LogP contribution is -2.38. The van der Waals surface area contributed by atoms with Gasteiger partial charge in [0.05, 0.1) is 17.0 Å². The van der Waals surface area contributed by atoms with Crippen molar-refractivity contribution in [2.24, 2.45) is 18.4 Å². The molecule has 2 heterocycles. The third kappa shape index (κ3) is 5.60. The summed E-state index contributed by atoms with van der Waals surface area (Å²) in [5.74, 6) is -0.563. The summed E-state index contributed by atoms with van der Waals surface area (Å²) in [4.78, 5) is 19.0. The van der Waals surface area contributed by atoms with Crippen LogP contribution in [0.1, 0.15) is 44.7 Å². The number of anilines is 3. The molecule has 0 aliphatic carbocycles. The lowest BCUT2D eigenvalue weighted by atomic mass is 9.95. The van der Waals surface area contributed by atoms with Gasteiger partial charge in [-0.2, -0.15) is 13.2 Å². The molecule has 0 spiro atoms. The van der Waals surface area contributed by atoms with E-state index >= 15 is 0 Å². The molecule has 1 saturated heterocycles. The largest absolute Gasteiger partial charge is 0.391 e.